The molecule has 0 fully saturated rings. The minimum Gasteiger partial charge on any atom is -0.478 e. The molecule has 0 radical (unpaired) electrons. The van der Waals surface area contributed by atoms with E-state index in [1.54, 1.807) is 18.3 Å². The molecule has 180 valence electrons. The second kappa shape index (κ2) is 11.6. The average Bonchev–Trinajstić information content (AvgIpc) is 3.36. The predicted molar refractivity (Wildman–Crippen MR) is 142 cm³/mol. The first-order valence-corrected chi connectivity index (χ1v) is 11.7. The van der Waals surface area contributed by atoms with Crippen molar-refractivity contribution in [3.8, 4) is 11.3 Å². The number of rotatable bonds is 7. The number of nitrogens with one attached hydrogen (secondary N) is 1. The van der Waals surface area contributed by atoms with Crippen molar-refractivity contribution in [2.45, 2.75) is 26.3 Å². The van der Waals surface area contributed by atoms with Gasteiger partial charge in [-0.1, -0.05) is 44.2 Å². The molecule has 2 amide bonds. The number of hydrogen-bond donors (Lipinski definition) is 2. The van der Waals surface area contributed by atoms with Crippen LogP contribution in [0, 0.1) is 0 Å². The third-order valence-electron chi connectivity index (χ3n) is 5.28. The van der Waals surface area contributed by atoms with Crippen LogP contribution in [0.25, 0.3) is 11.3 Å². The van der Waals surface area contributed by atoms with Gasteiger partial charge >= 0.3 is 12.0 Å². The molecule has 2 aromatic heterocycles. The third kappa shape index (κ3) is 6.44. The maximum atomic E-state index is 13.2. The van der Waals surface area contributed by atoms with E-state index in [2.05, 4.69) is 41.3 Å². The molecule has 0 saturated carbocycles. The fourth-order valence-corrected chi connectivity index (χ4v) is 4.05. The summed E-state index contributed by atoms with van der Waals surface area (Å²) < 4.78 is 0. The van der Waals surface area contributed by atoms with Crippen LogP contribution in [0.4, 0.5) is 16.4 Å². The highest BCUT2D eigenvalue weighted by Crippen LogP contribution is 2.24. The summed E-state index contributed by atoms with van der Waals surface area (Å²) >= 11 is 1.54. The Morgan fingerprint density at radius 2 is 1.74 bits per heavy atom. The Hall–Kier alpha value is -3.75. The van der Waals surface area contributed by atoms with Gasteiger partial charge in [-0.3, -0.25) is 4.90 Å². The van der Waals surface area contributed by atoms with Crippen molar-refractivity contribution >= 4 is 47.4 Å². The minimum absolute atomic E-state index is 0. The smallest absolute Gasteiger partial charge is 0.335 e. The predicted octanol–water partition coefficient (Wildman–Crippen LogP) is 6.69. The summed E-state index contributed by atoms with van der Waals surface area (Å²) in [6.07, 6.45) is 1.64. The first-order chi connectivity index (χ1) is 16.4. The molecule has 7 nitrogen and oxygen atoms in total. The Balaban J connectivity index is 0.00000342. The van der Waals surface area contributed by atoms with Gasteiger partial charge in [-0.05, 0) is 53.3 Å². The first kappa shape index (κ1) is 25.9. The zero-order valence-corrected chi connectivity index (χ0v) is 20.8. The molecule has 0 aliphatic carbocycles. The Morgan fingerprint density at radius 3 is 2.34 bits per heavy atom. The van der Waals surface area contributed by atoms with Gasteiger partial charge in [0.15, 0.2) is 0 Å². The second-order valence-corrected chi connectivity index (χ2v) is 9.03. The molecule has 0 aliphatic heterocycles. The Kier molecular flexibility index (Phi) is 8.57. The van der Waals surface area contributed by atoms with E-state index >= 15 is 0 Å². The van der Waals surface area contributed by atoms with Crippen molar-refractivity contribution in [2.75, 3.05) is 10.2 Å². The maximum Gasteiger partial charge on any atom is 0.335 e. The van der Waals surface area contributed by atoms with Crippen molar-refractivity contribution in [1.29, 1.82) is 0 Å². The molecule has 35 heavy (non-hydrogen) atoms. The summed E-state index contributed by atoms with van der Waals surface area (Å²) in [5.74, 6) is -0.313. The molecule has 0 saturated heterocycles. The van der Waals surface area contributed by atoms with Crippen molar-refractivity contribution in [1.82, 2.24) is 9.97 Å². The van der Waals surface area contributed by atoms with Crippen molar-refractivity contribution in [3.05, 3.63) is 94.3 Å². The van der Waals surface area contributed by atoms with Gasteiger partial charge in [0.1, 0.15) is 0 Å². The molecular formula is C26H25ClN4O3S. The summed E-state index contributed by atoms with van der Waals surface area (Å²) in [5, 5.41) is 13.9. The summed E-state index contributed by atoms with van der Waals surface area (Å²) in [7, 11) is 0. The second-order valence-electron chi connectivity index (χ2n) is 8.00. The van der Waals surface area contributed by atoms with E-state index in [0.29, 0.717) is 18.2 Å². The summed E-state index contributed by atoms with van der Waals surface area (Å²) in [6.45, 7) is 4.59. The van der Waals surface area contributed by atoms with Crippen LogP contribution in [0.15, 0.2) is 78.3 Å². The number of carboxylic acid groups (broad SMARTS) is 1. The zero-order chi connectivity index (χ0) is 24.1. The molecule has 2 aromatic carbocycles. The van der Waals surface area contributed by atoms with Gasteiger partial charge in [0.05, 0.1) is 17.8 Å². The number of hydrogen-bond acceptors (Lipinski definition) is 5. The highest BCUT2D eigenvalue weighted by Gasteiger charge is 2.20. The standard InChI is InChI=1S/C26H24N4O3S.ClH/c1-17(2)18-5-7-19(8-6-18)23-13-14-27-25(29-23)30(16-22-4-3-15-34-22)26(33)28-21-11-9-20(10-12-21)24(31)32;/h3-15,17H,16H2,1-2H3,(H,28,33)(H,31,32);1H. The number of carbonyl (C=O) groups is 2. The van der Waals surface area contributed by atoms with Crippen molar-refractivity contribution in [2.24, 2.45) is 0 Å². The lowest BCUT2D eigenvalue weighted by atomic mass is 10.0. The fraction of sp³-hybridized carbons (Fsp3) is 0.154. The van der Waals surface area contributed by atoms with Gasteiger partial charge in [-0.25, -0.2) is 19.6 Å². The molecule has 4 aromatic rings. The number of urea groups is 1. The highest BCUT2D eigenvalue weighted by molar-refractivity contribution is 7.09. The molecule has 0 spiro atoms. The SMILES string of the molecule is CC(C)c1ccc(-c2ccnc(N(Cc3cccs3)C(=O)Nc3ccc(C(=O)O)cc3)n2)cc1.Cl. The summed E-state index contributed by atoms with van der Waals surface area (Å²) in [5.41, 5.74) is 3.52. The third-order valence-corrected chi connectivity index (χ3v) is 6.14. The van der Waals surface area contributed by atoms with Crippen LogP contribution < -0.4 is 10.2 Å². The maximum absolute atomic E-state index is 13.2. The minimum atomic E-state index is -1.02. The lowest BCUT2D eigenvalue weighted by Crippen LogP contribution is -2.35. The van der Waals surface area contributed by atoms with Gasteiger partial charge in [0, 0.05) is 22.3 Å². The Bertz CT molecular complexity index is 1280. The molecular weight excluding hydrogens is 484 g/mol. The van der Waals surface area contributed by atoms with E-state index < -0.39 is 12.0 Å². The molecule has 2 heterocycles. The molecule has 0 aliphatic rings. The monoisotopic (exact) mass is 508 g/mol. The number of thiophene rings is 1. The normalized spacial score (nSPS) is 10.5. The van der Waals surface area contributed by atoms with E-state index in [1.807, 2.05) is 35.7 Å². The van der Waals surface area contributed by atoms with Gasteiger partial charge in [-0.15, -0.1) is 23.7 Å². The number of aromatic nitrogens is 2. The molecule has 4 rings (SSSR count). The number of benzene rings is 2. The van der Waals surface area contributed by atoms with Gasteiger partial charge in [-0.2, -0.15) is 0 Å². The molecule has 2 N–H and O–H groups in total. The fourth-order valence-electron chi connectivity index (χ4n) is 3.36. The summed E-state index contributed by atoms with van der Waals surface area (Å²) in [6, 6.07) is 19.5. The van der Waals surface area contributed by atoms with Crippen molar-refractivity contribution < 1.29 is 14.7 Å². The largest absolute Gasteiger partial charge is 0.478 e. The topological polar surface area (TPSA) is 95.4 Å². The zero-order valence-electron chi connectivity index (χ0n) is 19.2. The van der Waals surface area contributed by atoms with E-state index in [0.717, 1.165) is 16.1 Å². The van der Waals surface area contributed by atoms with E-state index in [9.17, 15) is 9.59 Å². The van der Waals surface area contributed by atoms with Crippen LogP contribution in [0.3, 0.4) is 0 Å². The number of halogens is 1. The number of carbonyl (C=O) groups excluding carboxylic acids is 1. The van der Waals surface area contributed by atoms with Gasteiger partial charge < -0.3 is 10.4 Å². The lowest BCUT2D eigenvalue weighted by molar-refractivity contribution is 0.0697. The van der Waals surface area contributed by atoms with Crippen LogP contribution >= 0.6 is 23.7 Å². The molecule has 0 unspecified atom stereocenters. The average molecular weight is 509 g/mol. The van der Waals surface area contributed by atoms with E-state index in [1.165, 1.54) is 33.9 Å². The number of amides is 2. The molecule has 9 heteroatoms. The van der Waals surface area contributed by atoms with Crippen molar-refractivity contribution in [3.63, 3.8) is 0 Å². The number of aromatic carboxylic acids is 1. The van der Waals surface area contributed by atoms with E-state index in [-0.39, 0.29) is 23.9 Å². The molecule has 0 atom stereocenters. The number of carboxylic acids is 1. The first-order valence-electron chi connectivity index (χ1n) is 10.8. The van der Waals surface area contributed by atoms with Crippen LogP contribution in [-0.4, -0.2) is 27.1 Å². The quantitative estimate of drug-likeness (QED) is 0.290. The molecule has 0 bridgehead atoms. The van der Waals surface area contributed by atoms with Crippen LogP contribution in [0.1, 0.15) is 40.6 Å². The highest BCUT2D eigenvalue weighted by atomic mass is 35.5. The lowest BCUT2D eigenvalue weighted by Gasteiger charge is -2.21. The van der Waals surface area contributed by atoms with Crippen LogP contribution in [-0.2, 0) is 6.54 Å². The summed E-state index contributed by atoms with van der Waals surface area (Å²) in [4.78, 5) is 35.8. The van der Waals surface area contributed by atoms with Crippen LogP contribution in [0.2, 0.25) is 0 Å². The number of anilines is 2. The van der Waals surface area contributed by atoms with Gasteiger partial charge in [0.25, 0.3) is 0 Å². The Morgan fingerprint density at radius 1 is 1.03 bits per heavy atom. The Labute approximate surface area is 213 Å². The van der Waals surface area contributed by atoms with E-state index in [4.69, 9.17) is 5.11 Å². The van der Waals surface area contributed by atoms with Gasteiger partial charge in [0.2, 0.25) is 5.95 Å². The number of nitrogens with zero attached hydrogens (tertiary/aromatic N) is 3. The van der Waals surface area contributed by atoms with Crippen LogP contribution in [0.5, 0.6) is 0 Å².